The predicted octanol–water partition coefficient (Wildman–Crippen LogP) is 1.68. The van der Waals surface area contributed by atoms with Crippen LogP contribution < -0.4 is 16.0 Å². The summed E-state index contributed by atoms with van der Waals surface area (Å²) in [5, 5.41) is 13.2. The summed E-state index contributed by atoms with van der Waals surface area (Å²) in [6.45, 7) is 2.01. The van der Waals surface area contributed by atoms with Crippen LogP contribution in [0.25, 0.3) is 0 Å². The first kappa shape index (κ1) is 16.2. The van der Waals surface area contributed by atoms with Crippen molar-refractivity contribution in [2.45, 2.75) is 50.7 Å². The number of nitrogens with one attached hydrogen (secondary N) is 1. The minimum atomic E-state index is -0.326. The van der Waals surface area contributed by atoms with Gasteiger partial charge in [-0.1, -0.05) is 11.6 Å². The van der Waals surface area contributed by atoms with E-state index in [0.717, 1.165) is 24.6 Å². The molecule has 1 saturated heterocycles. The summed E-state index contributed by atoms with van der Waals surface area (Å²) in [6.07, 6.45) is 10.5. The average Bonchev–Trinajstić information content (AvgIpc) is 2.97. The van der Waals surface area contributed by atoms with Gasteiger partial charge in [0.15, 0.2) is 0 Å². The van der Waals surface area contributed by atoms with E-state index in [-0.39, 0.29) is 12.1 Å². The molecule has 0 bridgehead atoms. The standard InChI is InChI=1S/C17H27N5O/c18-10-14-8-15(23)11-22(14)17-9-16(20-12-21-17)19-7-6-13-4-2-1-3-5-13/h4,9,12,14-15,23H,1-3,5-8,10-11,18H2,(H,19,20,21)/t14-,15-/m1/s1. The Bertz CT molecular complexity index is 548. The zero-order chi connectivity index (χ0) is 16.1. The van der Waals surface area contributed by atoms with Gasteiger partial charge in [-0.25, -0.2) is 9.97 Å². The monoisotopic (exact) mass is 317 g/mol. The van der Waals surface area contributed by atoms with Gasteiger partial charge in [0.05, 0.1) is 6.10 Å². The summed E-state index contributed by atoms with van der Waals surface area (Å²) in [5.74, 6) is 1.68. The van der Waals surface area contributed by atoms with Crippen LogP contribution in [0.5, 0.6) is 0 Å². The number of β-amino-alcohol motifs (C(OH)–C–C–N with tert-alkyl or cyclic N) is 1. The number of aliphatic hydroxyl groups is 1. The number of hydrogen-bond donors (Lipinski definition) is 3. The van der Waals surface area contributed by atoms with Gasteiger partial charge in [-0.05, 0) is 38.5 Å². The van der Waals surface area contributed by atoms with Crippen molar-refractivity contribution in [2.75, 3.05) is 29.9 Å². The molecule has 0 radical (unpaired) electrons. The molecule has 0 saturated carbocycles. The number of allylic oxidation sites excluding steroid dienone is 1. The van der Waals surface area contributed by atoms with Crippen LogP contribution in [0.4, 0.5) is 11.6 Å². The van der Waals surface area contributed by atoms with Crippen LogP contribution in [0.2, 0.25) is 0 Å². The van der Waals surface area contributed by atoms with E-state index < -0.39 is 0 Å². The Balaban J connectivity index is 1.57. The second-order valence-electron chi connectivity index (χ2n) is 6.48. The van der Waals surface area contributed by atoms with E-state index >= 15 is 0 Å². The van der Waals surface area contributed by atoms with E-state index in [1.807, 2.05) is 6.07 Å². The predicted molar refractivity (Wildman–Crippen MR) is 92.5 cm³/mol. The molecule has 0 unspecified atom stereocenters. The van der Waals surface area contributed by atoms with Gasteiger partial charge >= 0.3 is 0 Å². The van der Waals surface area contributed by atoms with Crippen LogP contribution in [-0.2, 0) is 0 Å². The highest BCUT2D eigenvalue weighted by Gasteiger charge is 2.30. The molecule has 1 aromatic heterocycles. The molecule has 3 rings (SSSR count). The SMILES string of the molecule is NC[C@H]1C[C@@H](O)CN1c1cc(NCCC2=CCCCC2)ncn1. The fourth-order valence-corrected chi connectivity index (χ4v) is 3.48. The van der Waals surface area contributed by atoms with Crippen molar-refractivity contribution in [1.29, 1.82) is 0 Å². The van der Waals surface area contributed by atoms with E-state index in [1.165, 1.54) is 25.7 Å². The minimum absolute atomic E-state index is 0.153. The summed E-state index contributed by atoms with van der Waals surface area (Å²) in [5.41, 5.74) is 7.37. The second-order valence-corrected chi connectivity index (χ2v) is 6.48. The van der Waals surface area contributed by atoms with Gasteiger partial charge in [-0.15, -0.1) is 0 Å². The first-order valence-corrected chi connectivity index (χ1v) is 8.65. The van der Waals surface area contributed by atoms with E-state index in [1.54, 1.807) is 11.9 Å². The smallest absolute Gasteiger partial charge is 0.134 e. The number of nitrogens with two attached hydrogens (primary N) is 1. The maximum atomic E-state index is 9.85. The molecule has 1 aromatic rings. The van der Waals surface area contributed by atoms with Crippen LogP contribution in [0.3, 0.4) is 0 Å². The number of aliphatic hydroxyl groups excluding tert-OH is 1. The summed E-state index contributed by atoms with van der Waals surface area (Å²) in [6, 6.07) is 2.11. The molecule has 6 nitrogen and oxygen atoms in total. The molecular formula is C17H27N5O. The first-order valence-electron chi connectivity index (χ1n) is 8.65. The summed E-state index contributed by atoms with van der Waals surface area (Å²) in [4.78, 5) is 10.7. The molecule has 0 amide bonds. The molecule has 23 heavy (non-hydrogen) atoms. The number of nitrogens with zero attached hydrogens (tertiary/aromatic N) is 3. The highest BCUT2D eigenvalue weighted by atomic mass is 16.3. The third-order valence-corrected chi connectivity index (χ3v) is 4.75. The maximum absolute atomic E-state index is 9.85. The fourth-order valence-electron chi connectivity index (χ4n) is 3.48. The van der Waals surface area contributed by atoms with E-state index in [2.05, 4.69) is 26.3 Å². The Hall–Kier alpha value is -1.66. The molecule has 1 fully saturated rings. The summed E-state index contributed by atoms with van der Waals surface area (Å²) >= 11 is 0. The maximum Gasteiger partial charge on any atom is 0.134 e. The number of rotatable bonds is 6. The zero-order valence-electron chi connectivity index (χ0n) is 13.6. The molecule has 1 aliphatic heterocycles. The van der Waals surface area contributed by atoms with Crippen molar-refractivity contribution in [3.8, 4) is 0 Å². The Morgan fingerprint density at radius 3 is 3.04 bits per heavy atom. The Kier molecular flexibility index (Phi) is 5.46. The Morgan fingerprint density at radius 1 is 1.35 bits per heavy atom. The van der Waals surface area contributed by atoms with Gasteiger partial charge in [0.25, 0.3) is 0 Å². The molecule has 126 valence electrons. The van der Waals surface area contributed by atoms with Crippen LogP contribution >= 0.6 is 0 Å². The van der Waals surface area contributed by atoms with Gasteiger partial charge < -0.3 is 21.1 Å². The summed E-state index contributed by atoms with van der Waals surface area (Å²) in [7, 11) is 0. The minimum Gasteiger partial charge on any atom is -0.391 e. The second kappa shape index (κ2) is 7.75. The molecule has 6 heteroatoms. The third kappa shape index (κ3) is 4.20. The molecule has 0 spiro atoms. The lowest BCUT2D eigenvalue weighted by atomic mass is 9.97. The quantitative estimate of drug-likeness (QED) is 0.692. The number of hydrogen-bond acceptors (Lipinski definition) is 6. The Morgan fingerprint density at radius 2 is 2.26 bits per heavy atom. The van der Waals surface area contributed by atoms with E-state index in [9.17, 15) is 5.11 Å². The highest BCUT2D eigenvalue weighted by Crippen LogP contribution is 2.25. The van der Waals surface area contributed by atoms with Crippen molar-refractivity contribution in [3.05, 3.63) is 24.0 Å². The fraction of sp³-hybridized carbons (Fsp3) is 0.647. The van der Waals surface area contributed by atoms with Gasteiger partial charge in [-0.2, -0.15) is 0 Å². The molecule has 0 aromatic carbocycles. The molecule has 1 aliphatic carbocycles. The van der Waals surface area contributed by atoms with Crippen molar-refractivity contribution in [3.63, 3.8) is 0 Å². The van der Waals surface area contributed by atoms with Gasteiger partial charge in [0.2, 0.25) is 0 Å². The van der Waals surface area contributed by atoms with Crippen LogP contribution in [0.1, 0.15) is 38.5 Å². The van der Waals surface area contributed by atoms with Gasteiger partial charge in [0, 0.05) is 31.7 Å². The van der Waals surface area contributed by atoms with Crippen LogP contribution in [0, 0.1) is 0 Å². The molecule has 4 N–H and O–H groups in total. The first-order chi connectivity index (χ1) is 11.3. The molecular weight excluding hydrogens is 290 g/mol. The van der Waals surface area contributed by atoms with Crippen molar-refractivity contribution in [2.24, 2.45) is 5.73 Å². The van der Waals surface area contributed by atoms with Crippen molar-refractivity contribution >= 4 is 11.6 Å². The Labute approximate surface area is 137 Å². The zero-order valence-corrected chi connectivity index (χ0v) is 13.6. The van der Waals surface area contributed by atoms with Crippen molar-refractivity contribution < 1.29 is 5.11 Å². The van der Waals surface area contributed by atoms with E-state index in [4.69, 9.17) is 5.73 Å². The number of aromatic nitrogens is 2. The lowest BCUT2D eigenvalue weighted by Gasteiger charge is -2.24. The molecule has 2 aliphatic rings. The molecule has 2 heterocycles. The van der Waals surface area contributed by atoms with Gasteiger partial charge in [0.1, 0.15) is 18.0 Å². The largest absolute Gasteiger partial charge is 0.391 e. The third-order valence-electron chi connectivity index (χ3n) is 4.75. The van der Waals surface area contributed by atoms with Crippen molar-refractivity contribution in [1.82, 2.24) is 9.97 Å². The van der Waals surface area contributed by atoms with Crippen LogP contribution in [-0.4, -0.2) is 46.9 Å². The lowest BCUT2D eigenvalue weighted by molar-refractivity contribution is 0.194. The van der Waals surface area contributed by atoms with Crippen LogP contribution in [0.15, 0.2) is 24.0 Å². The lowest BCUT2D eigenvalue weighted by Crippen LogP contribution is -2.36. The topological polar surface area (TPSA) is 87.3 Å². The molecule has 2 atom stereocenters. The normalized spacial score (nSPS) is 24.6. The van der Waals surface area contributed by atoms with E-state index in [0.29, 0.717) is 19.5 Å². The summed E-state index contributed by atoms with van der Waals surface area (Å²) < 4.78 is 0. The highest BCUT2D eigenvalue weighted by molar-refractivity contribution is 5.50. The van der Waals surface area contributed by atoms with Gasteiger partial charge in [-0.3, -0.25) is 0 Å². The number of anilines is 2. The average molecular weight is 317 g/mol.